The third-order valence-electron chi connectivity index (χ3n) is 2.77. The largest absolute Gasteiger partial charge is 0.494 e. The lowest BCUT2D eigenvalue weighted by molar-refractivity contribution is 0.338. The van der Waals surface area contributed by atoms with Gasteiger partial charge in [-0.25, -0.2) is 4.98 Å². The highest BCUT2D eigenvalue weighted by Gasteiger charge is 2.07. The van der Waals surface area contributed by atoms with Crippen molar-refractivity contribution < 1.29 is 9.47 Å². The van der Waals surface area contributed by atoms with Gasteiger partial charge in [0.1, 0.15) is 16.5 Å². The Balaban J connectivity index is 2.10. The first-order chi connectivity index (χ1) is 10.2. The van der Waals surface area contributed by atoms with E-state index in [1.165, 1.54) is 0 Å². The highest BCUT2D eigenvalue weighted by molar-refractivity contribution is 6.31. The van der Waals surface area contributed by atoms with Crippen molar-refractivity contribution in [1.82, 2.24) is 10.3 Å². The normalized spacial score (nSPS) is 10.4. The van der Waals surface area contributed by atoms with E-state index >= 15 is 0 Å². The number of benzene rings is 1. The van der Waals surface area contributed by atoms with Crippen LogP contribution in [0.1, 0.15) is 19.4 Å². The maximum absolute atomic E-state index is 6.21. The lowest BCUT2D eigenvalue weighted by Crippen LogP contribution is -2.11. The molecule has 1 heterocycles. The van der Waals surface area contributed by atoms with Gasteiger partial charge in [-0.15, -0.1) is 0 Å². The molecule has 0 atom stereocenters. The molecule has 0 bridgehead atoms. The zero-order valence-electron chi connectivity index (χ0n) is 12.2. The van der Waals surface area contributed by atoms with E-state index in [0.717, 1.165) is 24.4 Å². The molecule has 2 rings (SSSR count). The molecule has 0 radical (unpaired) electrons. The zero-order chi connectivity index (χ0) is 15.1. The average molecular weight is 307 g/mol. The van der Waals surface area contributed by atoms with E-state index in [9.17, 15) is 0 Å². The molecule has 5 heteroatoms. The summed E-state index contributed by atoms with van der Waals surface area (Å²) < 4.78 is 11.1. The van der Waals surface area contributed by atoms with E-state index < -0.39 is 0 Å². The lowest BCUT2D eigenvalue weighted by atomic mass is 10.3. The van der Waals surface area contributed by atoms with Gasteiger partial charge in [-0.2, -0.15) is 0 Å². The van der Waals surface area contributed by atoms with E-state index in [4.69, 9.17) is 21.1 Å². The first-order valence-corrected chi connectivity index (χ1v) is 7.36. The molecule has 1 aromatic heterocycles. The zero-order valence-corrected chi connectivity index (χ0v) is 13.0. The second-order valence-electron chi connectivity index (χ2n) is 4.42. The van der Waals surface area contributed by atoms with Gasteiger partial charge >= 0.3 is 0 Å². The van der Waals surface area contributed by atoms with Crippen molar-refractivity contribution >= 4 is 11.6 Å². The SMILES string of the molecule is CCNCc1cnc(Oc2cccc(OCC)c2)c(Cl)c1. The highest BCUT2D eigenvalue weighted by atomic mass is 35.5. The molecule has 112 valence electrons. The molecule has 0 fully saturated rings. The van der Waals surface area contributed by atoms with Crippen molar-refractivity contribution in [1.29, 1.82) is 0 Å². The van der Waals surface area contributed by atoms with Crippen LogP contribution in [0.4, 0.5) is 0 Å². The molecule has 0 aliphatic rings. The van der Waals surface area contributed by atoms with Crippen LogP contribution in [0.3, 0.4) is 0 Å². The van der Waals surface area contributed by atoms with Crippen LogP contribution >= 0.6 is 11.6 Å². The van der Waals surface area contributed by atoms with E-state index in [-0.39, 0.29) is 0 Å². The van der Waals surface area contributed by atoms with Crippen LogP contribution < -0.4 is 14.8 Å². The quantitative estimate of drug-likeness (QED) is 0.838. The summed E-state index contributed by atoms with van der Waals surface area (Å²) in [6.07, 6.45) is 1.76. The molecular formula is C16H19ClN2O2. The number of pyridine rings is 1. The predicted octanol–water partition coefficient (Wildman–Crippen LogP) is 4.04. The van der Waals surface area contributed by atoms with Crippen molar-refractivity contribution in [2.75, 3.05) is 13.2 Å². The molecule has 0 unspecified atom stereocenters. The molecule has 1 aromatic carbocycles. The van der Waals surface area contributed by atoms with E-state index in [1.807, 2.05) is 37.3 Å². The number of nitrogens with zero attached hydrogens (tertiary/aromatic N) is 1. The third-order valence-corrected chi connectivity index (χ3v) is 3.04. The Morgan fingerprint density at radius 1 is 1.19 bits per heavy atom. The van der Waals surface area contributed by atoms with Gasteiger partial charge in [0.05, 0.1) is 6.61 Å². The van der Waals surface area contributed by atoms with Crippen molar-refractivity contribution in [3.63, 3.8) is 0 Å². The molecule has 1 N–H and O–H groups in total. The topological polar surface area (TPSA) is 43.4 Å². The molecular weight excluding hydrogens is 288 g/mol. The molecule has 0 aliphatic heterocycles. The maximum atomic E-state index is 6.21. The van der Waals surface area contributed by atoms with Gasteiger partial charge in [-0.3, -0.25) is 0 Å². The second kappa shape index (κ2) is 7.86. The standard InChI is InChI=1S/C16H19ClN2O2/c1-3-18-10-12-8-15(17)16(19-11-12)21-14-7-5-6-13(9-14)20-4-2/h5-9,11,18H,3-4,10H2,1-2H3. The number of hydrogen-bond donors (Lipinski definition) is 1. The summed E-state index contributed by atoms with van der Waals surface area (Å²) in [5.74, 6) is 1.80. The van der Waals surface area contributed by atoms with Crippen LogP contribution in [0, 0.1) is 0 Å². The van der Waals surface area contributed by atoms with Crippen molar-refractivity contribution in [2.24, 2.45) is 0 Å². The molecule has 4 nitrogen and oxygen atoms in total. The molecule has 0 saturated carbocycles. The van der Waals surface area contributed by atoms with Crippen molar-refractivity contribution in [3.8, 4) is 17.4 Å². The fraction of sp³-hybridized carbons (Fsp3) is 0.312. The van der Waals surface area contributed by atoms with Gasteiger partial charge in [0.25, 0.3) is 0 Å². The fourth-order valence-corrected chi connectivity index (χ4v) is 2.04. The summed E-state index contributed by atoms with van der Waals surface area (Å²) in [6, 6.07) is 9.26. The number of aromatic nitrogens is 1. The molecule has 0 aliphatic carbocycles. The minimum Gasteiger partial charge on any atom is -0.494 e. The smallest absolute Gasteiger partial charge is 0.238 e. The summed E-state index contributed by atoms with van der Waals surface area (Å²) in [5, 5.41) is 3.72. The van der Waals surface area contributed by atoms with Crippen LogP contribution in [0.2, 0.25) is 5.02 Å². The molecule has 21 heavy (non-hydrogen) atoms. The average Bonchev–Trinajstić information content (AvgIpc) is 2.48. The molecule has 2 aromatic rings. The minimum absolute atomic E-state index is 0.394. The van der Waals surface area contributed by atoms with Crippen LogP contribution in [-0.4, -0.2) is 18.1 Å². The van der Waals surface area contributed by atoms with E-state index in [1.54, 1.807) is 6.20 Å². The molecule has 0 amide bonds. The summed E-state index contributed by atoms with van der Waals surface area (Å²) >= 11 is 6.21. The number of ether oxygens (including phenoxy) is 2. The number of hydrogen-bond acceptors (Lipinski definition) is 4. The van der Waals surface area contributed by atoms with E-state index in [0.29, 0.717) is 23.3 Å². The Morgan fingerprint density at radius 3 is 2.71 bits per heavy atom. The van der Waals surface area contributed by atoms with Gasteiger partial charge < -0.3 is 14.8 Å². The summed E-state index contributed by atoms with van der Waals surface area (Å²) in [4.78, 5) is 4.27. The summed E-state index contributed by atoms with van der Waals surface area (Å²) in [5.41, 5.74) is 1.03. The van der Waals surface area contributed by atoms with Gasteiger partial charge in [-0.05, 0) is 37.2 Å². The molecule has 0 saturated heterocycles. The number of rotatable bonds is 7. The first-order valence-electron chi connectivity index (χ1n) is 6.98. The van der Waals surface area contributed by atoms with Gasteiger partial charge in [0, 0.05) is 18.8 Å². The first kappa shape index (κ1) is 15.6. The summed E-state index contributed by atoms with van der Waals surface area (Å²) in [7, 11) is 0. The summed E-state index contributed by atoms with van der Waals surface area (Å²) in [6.45, 7) is 6.25. The number of halogens is 1. The van der Waals surface area contributed by atoms with Gasteiger partial charge in [-0.1, -0.05) is 24.6 Å². The predicted molar refractivity (Wildman–Crippen MR) is 84.3 cm³/mol. The lowest BCUT2D eigenvalue weighted by Gasteiger charge is -2.10. The number of nitrogens with one attached hydrogen (secondary N) is 1. The Bertz CT molecular complexity index is 590. The van der Waals surface area contributed by atoms with Crippen molar-refractivity contribution in [2.45, 2.75) is 20.4 Å². The molecule has 0 spiro atoms. The Labute approximate surface area is 130 Å². The maximum Gasteiger partial charge on any atom is 0.238 e. The second-order valence-corrected chi connectivity index (χ2v) is 4.83. The highest BCUT2D eigenvalue weighted by Crippen LogP contribution is 2.29. The van der Waals surface area contributed by atoms with Crippen LogP contribution in [0.5, 0.6) is 17.4 Å². The van der Waals surface area contributed by atoms with Crippen LogP contribution in [-0.2, 0) is 6.54 Å². The van der Waals surface area contributed by atoms with Crippen LogP contribution in [0.25, 0.3) is 0 Å². The van der Waals surface area contributed by atoms with Crippen LogP contribution in [0.15, 0.2) is 36.5 Å². The fourth-order valence-electron chi connectivity index (χ4n) is 1.81. The monoisotopic (exact) mass is 306 g/mol. The van der Waals surface area contributed by atoms with Gasteiger partial charge in [0.15, 0.2) is 0 Å². The van der Waals surface area contributed by atoms with E-state index in [2.05, 4.69) is 17.2 Å². The third kappa shape index (κ3) is 4.62. The van der Waals surface area contributed by atoms with Gasteiger partial charge in [0.2, 0.25) is 5.88 Å². The Hall–Kier alpha value is -1.78. The Kier molecular flexibility index (Phi) is 5.84. The van der Waals surface area contributed by atoms with Crippen molar-refractivity contribution in [3.05, 3.63) is 47.1 Å². The Morgan fingerprint density at radius 2 is 2.00 bits per heavy atom. The minimum atomic E-state index is 0.394.